The second-order valence-electron chi connectivity index (χ2n) is 16.7. The summed E-state index contributed by atoms with van der Waals surface area (Å²) < 4.78 is 81.5. The van der Waals surface area contributed by atoms with Crippen molar-refractivity contribution in [2.45, 2.75) is 80.8 Å². The van der Waals surface area contributed by atoms with Gasteiger partial charge in [-0.15, -0.1) is 0 Å². The number of likely N-dealkylation sites (tertiary alicyclic amines) is 2. The molecule has 2 aliphatic rings. The van der Waals surface area contributed by atoms with Crippen LogP contribution < -0.4 is 9.99 Å². The molecule has 0 radical (unpaired) electrons. The highest BCUT2D eigenvalue weighted by Crippen LogP contribution is 2.34. The van der Waals surface area contributed by atoms with Gasteiger partial charge in [-0.2, -0.15) is 13.2 Å². The summed E-state index contributed by atoms with van der Waals surface area (Å²) in [5.41, 5.74) is 3.18. The fourth-order valence-corrected chi connectivity index (χ4v) is 10.7. The molecule has 354 valence electrons. The molecule has 3 heterocycles. The van der Waals surface area contributed by atoms with E-state index in [2.05, 4.69) is 22.0 Å². The number of amides is 2. The fourth-order valence-electron chi connectivity index (χ4n) is 9.02. The minimum Gasteiger partial charge on any atom is -0.465 e. The Morgan fingerprint density at radius 1 is 0.731 bits per heavy atom. The summed E-state index contributed by atoms with van der Waals surface area (Å²) in [5.74, 6) is -0.252. The number of carbonyl (C=O) groups is 2. The highest BCUT2D eigenvalue weighted by Gasteiger charge is 2.37. The number of H-pyrrole nitrogens is 1. The van der Waals surface area contributed by atoms with Crippen LogP contribution in [0.1, 0.15) is 61.3 Å². The summed E-state index contributed by atoms with van der Waals surface area (Å²) in [5, 5.41) is 19.0. The maximum Gasteiger partial charge on any atom is 0.416 e. The summed E-state index contributed by atoms with van der Waals surface area (Å²) in [6.07, 6.45) is -3.27. The second kappa shape index (κ2) is 21.3. The van der Waals surface area contributed by atoms with Gasteiger partial charge < -0.3 is 25.0 Å². The van der Waals surface area contributed by atoms with Crippen molar-refractivity contribution in [3.05, 3.63) is 166 Å². The lowest BCUT2D eigenvalue weighted by atomic mass is 9.93. The number of aromatic amines is 1. The molecule has 6 aromatic rings. The van der Waals surface area contributed by atoms with Crippen molar-refractivity contribution < 1.29 is 45.8 Å². The summed E-state index contributed by atoms with van der Waals surface area (Å²) in [6.45, 7) is 2.94. The van der Waals surface area contributed by atoms with Crippen LogP contribution in [0.5, 0.6) is 0 Å². The lowest BCUT2D eigenvalue weighted by Gasteiger charge is -2.38. The number of nitrogens with one attached hydrogen (secondary N) is 1. The third-order valence-corrected chi connectivity index (χ3v) is 14.2. The molecule has 8 rings (SSSR count). The average Bonchev–Trinajstić information content (AvgIpc) is 3.66. The van der Waals surface area contributed by atoms with E-state index in [0.717, 1.165) is 60.4 Å². The number of fused-ring (bicyclic) bond motifs is 1. The van der Waals surface area contributed by atoms with E-state index in [1.54, 1.807) is 34.9 Å². The fraction of sp³-hybridized carbons (Fsp3) is 0.327. The lowest BCUT2D eigenvalue weighted by molar-refractivity contribution is -0.137. The van der Waals surface area contributed by atoms with Crippen LogP contribution in [0.15, 0.2) is 143 Å². The Labute approximate surface area is 385 Å². The number of piperidine rings is 2. The quantitative estimate of drug-likeness (QED) is 0.0966. The lowest BCUT2D eigenvalue weighted by Crippen LogP contribution is -2.48. The van der Waals surface area contributed by atoms with Gasteiger partial charge in [0.15, 0.2) is 0 Å². The summed E-state index contributed by atoms with van der Waals surface area (Å²) in [6, 6.07) is 35.3. The van der Waals surface area contributed by atoms with E-state index in [-0.39, 0.29) is 54.4 Å². The van der Waals surface area contributed by atoms with E-state index < -0.39 is 40.0 Å². The predicted octanol–water partition coefficient (Wildman–Crippen LogP) is 9.68. The standard InChI is InChI=1S/C30H33FN4O3.C19H19F3N2O4S/c31-24-14-12-23(13-15-24)21-33(20-22-7-2-1-3-8-22)17-6-9-25-19-26(16-18-34(25)30(37)38)35-28-11-5-4-10-27(28)32-29(35)36;20-19(21,22)14-6-8-17(9-7-14)29(27,28)24(15-4-2-1-3-5-15)16-10-12-23(13-11-16)18(25)26/h1-5,7-8,10-15,25-26H,6,9,16-21H2,(H,32,36)(H,37,38);1-9,16H,10-13H2,(H,25,26)/t25-,26?;/m0./s1. The molecule has 2 aliphatic heterocycles. The zero-order valence-corrected chi connectivity index (χ0v) is 37.3. The zero-order chi connectivity index (χ0) is 47.7. The number of anilines is 1. The Balaban J connectivity index is 0.000000207. The highest BCUT2D eigenvalue weighted by molar-refractivity contribution is 7.92. The van der Waals surface area contributed by atoms with Crippen molar-refractivity contribution >= 4 is 38.9 Å². The maximum atomic E-state index is 13.4. The van der Waals surface area contributed by atoms with Crippen LogP contribution in [-0.4, -0.2) is 93.3 Å². The third kappa shape index (κ3) is 12.0. The van der Waals surface area contributed by atoms with Crippen LogP contribution in [0.25, 0.3) is 11.0 Å². The third-order valence-electron chi connectivity index (χ3n) is 12.3. The molecule has 2 fully saturated rings. The number of para-hydroxylation sites is 3. The SMILES string of the molecule is O=C(O)N1CCC(N(c2ccccc2)S(=O)(=O)c2ccc(C(F)(F)F)cc2)CC1.O=C(O)N1CCC(n2c(=O)[nH]c3ccccc32)C[C@@H]1CCCN(Cc1ccccc1)Cc1ccc(F)cc1. The smallest absolute Gasteiger partial charge is 0.416 e. The molecule has 13 nitrogen and oxygen atoms in total. The number of carboxylic acid groups (broad SMARTS) is 2. The Bertz CT molecular complexity index is 2750. The number of sulfonamides is 1. The van der Waals surface area contributed by atoms with Gasteiger partial charge in [-0.3, -0.25) is 13.8 Å². The first-order valence-corrected chi connectivity index (χ1v) is 23.5. The molecule has 67 heavy (non-hydrogen) atoms. The van der Waals surface area contributed by atoms with Crippen molar-refractivity contribution in [3.63, 3.8) is 0 Å². The molecular formula is C49H52F4N6O7S. The van der Waals surface area contributed by atoms with Crippen LogP contribution in [0.2, 0.25) is 0 Å². The van der Waals surface area contributed by atoms with E-state index in [0.29, 0.717) is 38.0 Å². The molecule has 2 amide bonds. The van der Waals surface area contributed by atoms with E-state index >= 15 is 0 Å². The van der Waals surface area contributed by atoms with Gasteiger partial charge in [-0.1, -0.05) is 72.8 Å². The average molecular weight is 945 g/mol. The minimum absolute atomic E-state index is 0.0566. The molecule has 3 N–H and O–H groups in total. The van der Waals surface area contributed by atoms with Gasteiger partial charge in [0.1, 0.15) is 5.82 Å². The topological polar surface area (TPSA) is 159 Å². The molecule has 0 spiro atoms. The van der Waals surface area contributed by atoms with Crippen LogP contribution in [0, 0.1) is 5.82 Å². The Kier molecular flexibility index (Phi) is 15.4. The molecule has 5 aromatic carbocycles. The maximum absolute atomic E-state index is 13.4. The molecule has 2 saturated heterocycles. The second-order valence-corrected chi connectivity index (χ2v) is 18.6. The first-order chi connectivity index (χ1) is 32.1. The zero-order valence-electron chi connectivity index (χ0n) is 36.5. The number of aromatic nitrogens is 2. The number of nitrogens with zero attached hydrogens (tertiary/aromatic N) is 5. The van der Waals surface area contributed by atoms with Gasteiger partial charge in [0.25, 0.3) is 10.0 Å². The summed E-state index contributed by atoms with van der Waals surface area (Å²) in [4.78, 5) is 43.7. The normalized spacial score (nSPS) is 17.0. The number of imidazole rings is 1. The van der Waals surface area contributed by atoms with Crippen molar-refractivity contribution in [1.82, 2.24) is 24.3 Å². The van der Waals surface area contributed by atoms with Crippen molar-refractivity contribution in [2.75, 3.05) is 30.5 Å². The Hall–Kier alpha value is -6.66. The number of alkyl halides is 3. The van der Waals surface area contributed by atoms with Crippen LogP contribution in [-0.2, 0) is 29.3 Å². The Morgan fingerprint density at radius 2 is 1.33 bits per heavy atom. The van der Waals surface area contributed by atoms with E-state index in [4.69, 9.17) is 5.11 Å². The summed E-state index contributed by atoms with van der Waals surface area (Å²) in [7, 11) is -4.15. The highest BCUT2D eigenvalue weighted by atomic mass is 32.2. The van der Waals surface area contributed by atoms with Gasteiger partial charge in [0, 0.05) is 50.8 Å². The first kappa shape index (κ1) is 48.3. The molecule has 0 aliphatic carbocycles. The minimum atomic E-state index is -4.56. The van der Waals surface area contributed by atoms with Crippen LogP contribution in [0.4, 0.5) is 32.8 Å². The first-order valence-electron chi connectivity index (χ1n) is 22.0. The molecule has 18 heteroatoms. The summed E-state index contributed by atoms with van der Waals surface area (Å²) >= 11 is 0. The van der Waals surface area contributed by atoms with Crippen molar-refractivity contribution in [3.8, 4) is 0 Å². The number of halogens is 4. The van der Waals surface area contributed by atoms with E-state index in [9.17, 15) is 45.5 Å². The molecule has 1 aromatic heterocycles. The molecule has 2 atom stereocenters. The Morgan fingerprint density at radius 3 is 1.94 bits per heavy atom. The van der Waals surface area contributed by atoms with Gasteiger partial charge in [-0.05, 0) is 117 Å². The van der Waals surface area contributed by atoms with Crippen molar-refractivity contribution in [2.24, 2.45) is 0 Å². The van der Waals surface area contributed by atoms with Gasteiger partial charge in [-0.25, -0.2) is 27.2 Å². The number of rotatable bonds is 13. The van der Waals surface area contributed by atoms with E-state index in [1.165, 1.54) is 31.8 Å². The number of hydrogen-bond acceptors (Lipinski definition) is 6. The van der Waals surface area contributed by atoms with Crippen LogP contribution >= 0.6 is 0 Å². The van der Waals surface area contributed by atoms with E-state index in [1.807, 2.05) is 54.6 Å². The van der Waals surface area contributed by atoms with Gasteiger partial charge in [0.2, 0.25) is 0 Å². The number of hydrogen-bond donors (Lipinski definition) is 3. The van der Waals surface area contributed by atoms with Gasteiger partial charge in [0.05, 0.1) is 27.2 Å². The number of benzene rings is 5. The molecule has 0 bridgehead atoms. The monoisotopic (exact) mass is 944 g/mol. The van der Waals surface area contributed by atoms with Crippen molar-refractivity contribution in [1.29, 1.82) is 0 Å². The predicted molar refractivity (Wildman–Crippen MR) is 246 cm³/mol. The largest absolute Gasteiger partial charge is 0.465 e. The molecular weight excluding hydrogens is 893 g/mol. The molecule has 0 saturated carbocycles. The van der Waals surface area contributed by atoms with Gasteiger partial charge >= 0.3 is 24.1 Å². The van der Waals surface area contributed by atoms with Crippen LogP contribution in [0.3, 0.4) is 0 Å². The molecule has 1 unspecified atom stereocenters.